The SMILES string of the molecule is CC1=NC2CC(O)CCC2O1. The molecule has 0 saturated heterocycles. The lowest BCUT2D eigenvalue weighted by Gasteiger charge is -2.25. The Morgan fingerprint density at radius 3 is 3.18 bits per heavy atom. The maximum absolute atomic E-state index is 9.32. The molecule has 3 heteroatoms. The summed E-state index contributed by atoms with van der Waals surface area (Å²) < 4.78 is 5.45. The third-order valence-electron chi connectivity index (χ3n) is 2.40. The van der Waals surface area contributed by atoms with Crippen molar-refractivity contribution < 1.29 is 9.84 Å². The number of aliphatic hydroxyl groups is 1. The standard InChI is InChI=1S/C8H13NO2/c1-5-9-7-4-6(10)2-3-8(7)11-5/h6-8,10H,2-4H2,1H3. The lowest BCUT2D eigenvalue weighted by molar-refractivity contribution is 0.0620. The Kier molecular flexibility index (Phi) is 1.60. The second-order valence-corrected chi connectivity index (χ2v) is 3.34. The maximum Gasteiger partial charge on any atom is 0.180 e. The maximum atomic E-state index is 9.32. The molecule has 1 aliphatic carbocycles. The Balaban J connectivity index is 2.05. The Morgan fingerprint density at radius 2 is 2.36 bits per heavy atom. The highest BCUT2D eigenvalue weighted by atomic mass is 16.5. The lowest BCUT2D eigenvalue weighted by atomic mass is 9.91. The summed E-state index contributed by atoms with van der Waals surface area (Å²) in [5, 5.41) is 9.32. The second-order valence-electron chi connectivity index (χ2n) is 3.34. The van der Waals surface area contributed by atoms with Crippen LogP contribution in [-0.2, 0) is 4.74 Å². The van der Waals surface area contributed by atoms with Crippen LogP contribution in [0, 0.1) is 0 Å². The molecule has 0 aromatic carbocycles. The summed E-state index contributed by atoms with van der Waals surface area (Å²) in [5.74, 6) is 0.786. The van der Waals surface area contributed by atoms with E-state index in [0.29, 0.717) is 0 Å². The van der Waals surface area contributed by atoms with Gasteiger partial charge in [0.2, 0.25) is 0 Å². The summed E-state index contributed by atoms with van der Waals surface area (Å²) in [7, 11) is 0. The van der Waals surface area contributed by atoms with Gasteiger partial charge in [0.05, 0.1) is 12.1 Å². The topological polar surface area (TPSA) is 41.8 Å². The first kappa shape index (κ1) is 7.10. The van der Waals surface area contributed by atoms with Gasteiger partial charge in [-0.3, -0.25) is 0 Å². The molecule has 1 heterocycles. The van der Waals surface area contributed by atoms with E-state index >= 15 is 0 Å². The van der Waals surface area contributed by atoms with Gasteiger partial charge in [-0.15, -0.1) is 0 Å². The number of nitrogens with zero attached hydrogens (tertiary/aromatic N) is 1. The monoisotopic (exact) mass is 155 g/mol. The van der Waals surface area contributed by atoms with E-state index < -0.39 is 0 Å². The van der Waals surface area contributed by atoms with Crippen LogP contribution >= 0.6 is 0 Å². The Bertz CT molecular complexity index is 191. The zero-order valence-corrected chi connectivity index (χ0v) is 6.66. The highest BCUT2D eigenvalue weighted by Crippen LogP contribution is 2.28. The minimum atomic E-state index is -0.158. The molecule has 1 N–H and O–H groups in total. The molecule has 3 nitrogen and oxygen atoms in total. The summed E-state index contributed by atoms with van der Waals surface area (Å²) in [6, 6.07) is 0.235. The first-order valence-corrected chi connectivity index (χ1v) is 4.15. The van der Waals surface area contributed by atoms with Crippen LogP contribution in [0.4, 0.5) is 0 Å². The van der Waals surface area contributed by atoms with E-state index in [9.17, 15) is 5.11 Å². The summed E-state index contributed by atoms with van der Waals surface area (Å²) >= 11 is 0. The van der Waals surface area contributed by atoms with Crippen LogP contribution in [0.2, 0.25) is 0 Å². The van der Waals surface area contributed by atoms with Gasteiger partial charge in [-0.25, -0.2) is 4.99 Å². The molecule has 0 amide bonds. The summed E-state index contributed by atoms with van der Waals surface area (Å²) in [6.07, 6.45) is 2.70. The van der Waals surface area contributed by atoms with Crippen LogP contribution in [0.3, 0.4) is 0 Å². The zero-order chi connectivity index (χ0) is 7.84. The number of hydrogen-bond donors (Lipinski definition) is 1. The van der Waals surface area contributed by atoms with E-state index in [0.717, 1.165) is 25.2 Å². The van der Waals surface area contributed by atoms with E-state index in [1.54, 1.807) is 0 Å². The fraction of sp³-hybridized carbons (Fsp3) is 0.875. The average Bonchev–Trinajstić information content (AvgIpc) is 2.27. The van der Waals surface area contributed by atoms with Crippen LogP contribution in [0.5, 0.6) is 0 Å². The molecule has 3 unspecified atom stereocenters. The van der Waals surface area contributed by atoms with Crippen LogP contribution < -0.4 is 0 Å². The fourth-order valence-electron chi connectivity index (χ4n) is 1.85. The molecule has 1 saturated carbocycles. The molecule has 0 radical (unpaired) electrons. The molecule has 1 aliphatic heterocycles. The highest BCUT2D eigenvalue weighted by molar-refractivity contribution is 5.75. The molecule has 2 rings (SSSR count). The number of hydrogen-bond acceptors (Lipinski definition) is 3. The smallest absolute Gasteiger partial charge is 0.180 e. The van der Waals surface area contributed by atoms with E-state index in [-0.39, 0.29) is 18.2 Å². The molecule has 0 aromatic rings. The number of aliphatic imine (C=N–C) groups is 1. The van der Waals surface area contributed by atoms with Gasteiger partial charge in [-0.05, 0) is 19.3 Å². The molecule has 2 aliphatic rings. The van der Waals surface area contributed by atoms with E-state index in [4.69, 9.17) is 4.74 Å². The lowest BCUT2D eigenvalue weighted by Crippen LogP contribution is -2.33. The van der Waals surface area contributed by atoms with Crippen LogP contribution in [0.15, 0.2) is 4.99 Å². The van der Waals surface area contributed by atoms with Crippen molar-refractivity contribution in [3.8, 4) is 0 Å². The van der Waals surface area contributed by atoms with Crippen molar-refractivity contribution >= 4 is 5.90 Å². The number of fused-ring (bicyclic) bond motifs is 1. The molecule has 0 bridgehead atoms. The molecule has 3 atom stereocenters. The van der Waals surface area contributed by atoms with Crippen LogP contribution in [0.25, 0.3) is 0 Å². The normalized spacial score (nSPS) is 42.7. The van der Waals surface area contributed by atoms with Gasteiger partial charge < -0.3 is 9.84 Å². The molecule has 62 valence electrons. The van der Waals surface area contributed by atoms with Gasteiger partial charge in [-0.2, -0.15) is 0 Å². The van der Waals surface area contributed by atoms with Crippen molar-refractivity contribution in [1.29, 1.82) is 0 Å². The zero-order valence-electron chi connectivity index (χ0n) is 6.66. The molecule has 0 spiro atoms. The van der Waals surface area contributed by atoms with Crippen molar-refractivity contribution in [3.63, 3.8) is 0 Å². The third kappa shape index (κ3) is 1.25. The van der Waals surface area contributed by atoms with E-state index in [1.165, 1.54) is 0 Å². The minimum Gasteiger partial charge on any atom is -0.476 e. The largest absolute Gasteiger partial charge is 0.476 e. The summed E-state index contributed by atoms with van der Waals surface area (Å²) in [4.78, 5) is 4.30. The van der Waals surface area contributed by atoms with Gasteiger partial charge in [0, 0.05) is 6.92 Å². The molecular formula is C8H13NO2. The predicted molar refractivity (Wildman–Crippen MR) is 41.6 cm³/mol. The first-order valence-electron chi connectivity index (χ1n) is 4.15. The first-order chi connectivity index (χ1) is 5.25. The molecule has 11 heavy (non-hydrogen) atoms. The number of ether oxygens (including phenoxy) is 1. The van der Waals surface area contributed by atoms with Crippen molar-refractivity contribution in [2.24, 2.45) is 4.99 Å². The quantitative estimate of drug-likeness (QED) is 0.560. The van der Waals surface area contributed by atoms with Crippen molar-refractivity contribution in [2.75, 3.05) is 0 Å². The predicted octanol–water partition coefficient (Wildman–Crippen LogP) is 0.717. The van der Waals surface area contributed by atoms with Gasteiger partial charge in [0.25, 0.3) is 0 Å². The molecule has 0 aromatic heterocycles. The van der Waals surface area contributed by atoms with Crippen molar-refractivity contribution in [3.05, 3.63) is 0 Å². The third-order valence-corrected chi connectivity index (χ3v) is 2.40. The van der Waals surface area contributed by atoms with Gasteiger partial charge in [0.15, 0.2) is 5.90 Å². The Labute approximate surface area is 66.1 Å². The second kappa shape index (κ2) is 2.48. The fourth-order valence-corrected chi connectivity index (χ4v) is 1.85. The van der Waals surface area contributed by atoms with Crippen LogP contribution in [0.1, 0.15) is 26.2 Å². The van der Waals surface area contributed by atoms with Crippen molar-refractivity contribution in [2.45, 2.75) is 44.4 Å². The van der Waals surface area contributed by atoms with Crippen molar-refractivity contribution in [1.82, 2.24) is 0 Å². The van der Waals surface area contributed by atoms with E-state index in [2.05, 4.69) is 4.99 Å². The Morgan fingerprint density at radius 1 is 1.55 bits per heavy atom. The number of rotatable bonds is 0. The van der Waals surface area contributed by atoms with E-state index in [1.807, 2.05) is 6.92 Å². The summed E-state index contributed by atoms with van der Waals surface area (Å²) in [6.45, 7) is 1.88. The van der Waals surface area contributed by atoms with Gasteiger partial charge in [-0.1, -0.05) is 0 Å². The average molecular weight is 155 g/mol. The van der Waals surface area contributed by atoms with Gasteiger partial charge >= 0.3 is 0 Å². The Hall–Kier alpha value is -0.570. The molecular weight excluding hydrogens is 142 g/mol. The van der Waals surface area contributed by atoms with Crippen LogP contribution in [-0.4, -0.2) is 29.3 Å². The molecule has 1 fully saturated rings. The number of aliphatic hydroxyl groups excluding tert-OH is 1. The minimum absolute atomic E-state index is 0.158. The van der Waals surface area contributed by atoms with Gasteiger partial charge in [0.1, 0.15) is 6.10 Å². The highest BCUT2D eigenvalue weighted by Gasteiger charge is 2.34. The summed E-state index contributed by atoms with van der Waals surface area (Å²) in [5.41, 5.74) is 0.